The summed E-state index contributed by atoms with van der Waals surface area (Å²) in [4.78, 5) is 30.9. The molecule has 1 aromatic carbocycles. The molecule has 1 aromatic heterocycles. The first kappa shape index (κ1) is 18.4. The van der Waals surface area contributed by atoms with E-state index in [4.69, 9.17) is 4.74 Å². The summed E-state index contributed by atoms with van der Waals surface area (Å²) in [5, 5.41) is 3.09. The molecule has 28 heavy (non-hydrogen) atoms. The number of piperidine rings is 1. The third-order valence-corrected chi connectivity index (χ3v) is 5.47. The minimum Gasteiger partial charge on any atom is -0.484 e. The number of hydrogen-bond donors (Lipinski definition) is 1. The molecule has 0 aliphatic carbocycles. The van der Waals surface area contributed by atoms with Crippen molar-refractivity contribution < 1.29 is 18.7 Å². The van der Waals surface area contributed by atoms with Crippen LogP contribution in [0, 0.1) is 5.82 Å². The lowest BCUT2D eigenvalue weighted by atomic mass is 9.97. The van der Waals surface area contributed by atoms with Crippen molar-refractivity contribution in [1.29, 1.82) is 0 Å². The Bertz CT molecular complexity index is 830. The second-order valence-corrected chi connectivity index (χ2v) is 7.31. The summed E-state index contributed by atoms with van der Waals surface area (Å²) in [7, 11) is 0. The monoisotopic (exact) mass is 383 g/mol. The van der Waals surface area contributed by atoms with Gasteiger partial charge in [0.05, 0.1) is 0 Å². The molecule has 1 N–H and O–H groups in total. The highest BCUT2D eigenvalue weighted by Crippen LogP contribution is 2.36. The van der Waals surface area contributed by atoms with E-state index in [-0.39, 0.29) is 42.4 Å². The number of hydrogen-bond acceptors (Lipinski definition) is 4. The van der Waals surface area contributed by atoms with Crippen LogP contribution in [0.3, 0.4) is 0 Å². The van der Waals surface area contributed by atoms with Gasteiger partial charge in [0.25, 0.3) is 11.8 Å². The fraction of sp³-hybridized carbons (Fsp3) is 0.381. The number of carbonyl (C=O) groups is 2. The number of fused-ring (bicyclic) bond motifs is 2. The predicted molar refractivity (Wildman–Crippen MR) is 100 cm³/mol. The lowest BCUT2D eigenvalue weighted by Gasteiger charge is -2.39. The molecule has 2 atom stereocenters. The van der Waals surface area contributed by atoms with Gasteiger partial charge in [0.1, 0.15) is 11.6 Å². The van der Waals surface area contributed by atoms with Crippen molar-refractivity contribution in [2.45, 2.75) is 43.8 Å². The van der Waals surface area contributed by atoms with Crippen molar-refractivity contribution in [3.63, 3.8) is 0 Å². The van der Waals surface area contributed by atoms with Crippen molar-refractivity contribution in [1.82, 2.24) is 15.2 Å². The number of ether oxygens (including phenoxy) is 1. The van der Waals surface area contributed by atoms with E-state index in [2.05, 4.69) is 10.3 Å². The summed E-state index contributed by atoms with van der Waals surface area (Å²) in [5.41, 5.74) is 0.591. The minimum absolute atomic E-state index is 0.0558. The molecule has 2 amide bonds. The molecule has 7 heteroatoms. The molecule has 4 rings (SSSR count). The summed E-state index contributed by atoms with van der Waals surface area (Å²) >= 11 is 0. The first-order valence-electron chi connectivity index (χ1n) is 9.50. The third kappa shape index (κ3) is 3.98. The molecule has 0 spiro atoms. The van der Waals surface area contributed by atoms with Crippen LogP contribution in [-0.4, -0.2) is 46.4 Å². The second-order valence-electron chi connectivity index (χ2n) is 7.31. The second kappa shape index (κ2) is 7.96. The van der Waals surface area contributed by atoms with E-state index in [0.717, 1.165) is 25.7 Å². The zero-order valence-corrected chi connectivity index (χ0v) is 15.4. The Morgan fingerprint density at radius 1 is 1.07 bits per heavy atom. The number of carbonyl (C=O) groups excluding carboxylic acids is 2. The molecule has 2 aromatic rings. The van der Waals surface area contributed by atoms with Crippen molar-refractivity contribution in [3.05, 3.63) is 60.2 Å². The molecule has 2 bridgehead atoms. The van der Waals surface area contributed by atoms with Crippen LogP contribution in [0.5, 0.6) is 5.75 Å². The molecule has 2 aliphatic rings. The highest BCUT2D eigenvalue weighted by atomic mass is 19.1. The first-order valence-corrected chi connectivity index (χ1v) is 9.50. The Kier molecular flexibility index (Phi) is 5.23. The lowest BCUT2D eigenvalue weighted by molar-refractivity contribution is -0.138. The van der Waals surface area contributed by atoms with Gasteiger partial charge < -0.3 is 15.0 Å². The number of rotatable bonds is 5. The number of aromatic nitrogens is 1. The smallest absolute Gasteiger partial charge is 0.261 e. The molecule has 6 nitrogen and oxygen atoms in total. The molecule has 2 unspecified atom stereocenters. The Balaban J connectivity index is 1.32. The van der Waals surface area contributed by atoms with Gasteiger partial charge in [0.2, 0.25) is 0 Å². The average Bonchev–Trinajstić information content (AvgIpc) is 2.98. The van der Waals surface area contributed by atoms with Crippen LogP contribution in [0.15, 0.2) is 48.8 Å². The number of pyridine rings is 1. The molecule has 2 saturated heterocycles. The van der Waals surface area contributed by atoms with Gasteiger partial charge in [0.15, 0.2) is 6.61 Å². The number of nitrogens with zero attached hydrogens (tertiary/aromatic N) is 2. The summed E-state index contributed by atoms with van der Waals surface area (Å²) in [6.45, 7) is -0.0628. The summed E-state index contributed by atoms with van der Waals surface area (Å²) in [5.74, 6) is -0.0313. The average molecular weight is 383 g/mol. The molecule has 2 fully saturated rings. The number of benzene rings is 1. The fourth-order valence-electron chi connectivity index (χ4n) is 4.22. The van der Waals surface area contributed by atoms with Gasteiger partial charge in [-0.25, -0.2) is 4.39 Å². The highest BCUT2D eigenvalue weighted by molar-refractivity contribution is 5.94. The Morgan fingerprint density at radius 3 is 2.36 bits per heavy atom. The van der Waals surface area contributed by atoms with Gasteiger partial charge in [-0.1, -0.05) is 0 Å². The number of halogens is 1. The first-order chi connectivity index (χ1) is 13.6. The topological polar surface area (TPSA) is 71.5 Å². The maximum absolute atomic E-state index is 13.0. The van der Waals surface area contributed by atoms with Crippen LogP contribution in [0.25, 0.3) is 0 Å². The molecule has 0 saturated carbocycles. The molecular weight excluding hydrogens is 361 g/mol. The lowest BCUT2D eigenvalue weighted by Crippen LogP contribution is -2.53. The van der Waals surface area contributed by atoms with Gasteiger partial charge in [-0.3, -0.25) is 14.6 Å². The summed E-state index contributed by atoms with van der Waals surface area (Å²) in [6, 6.07) is 9.30. The summed E-state index contributed by atoms with van der Waals surface area (Å²) < 4.78 is 18.5. The molecule has 2 aliphatic heterocycles. The maximum atomic E-state index is 13.0. The molecule has 146 valence electrons. The Morgan fingerprint density at radius 2 is 1.71 bits per heavy atom. The standard InChI is InChI=1S/C21H22FN3O3/c22-15-1-5-19(6-2-15)28-13-20(26)25-17-3-4-18(25)12-16(11-17)24-21(27)14-7-9-23-10-8-14/h1-2,5-10,16-18H,3-4,11-13H2,(H,24,27). The van der Waals surface area contributed by atoms with Crippen LogP contribution in [0.2, 0.25) is 0 Å². The Hall–Kier alpha value is -2.96. The van der Waals surface area contributed by atoms with E-state index in [0.29, 0.717) is 11.3 Å². The zero-order valence-electron chi connectivity index (χ0n) is 15.4. The number of nitrogens with one attached hydrogen (secondary N) is 1. The molecular formula is C21H22FN3O3. The van der Waals surface area contributed by atoms with Crippen molar-refractivity contribution in [2.75, 3.05) is 6.61 Å². The molecule has 0 radical (unpaired) electrons. The van der Waals surface area contributed by atoms with Crippen LogP contribution in [0.4, 0.5) is 4.39 Å². The minimum atomic E-state index is -0.340. The van der Waals surface area contributed by atoms with Crippen molar-refractivity contribution in [2.24, 2.45) is 0 Å². The fourth-order valence-corrected chi connectivity index (χ4v) is 4.22. The van der Waals surface area contributed by atoms with Gasteiger partial charge in [0, 0.05) is 36.1 Å². The third-order valence-electron chi connectivity index (χ3n) is 5.47. The summed E-state index contributed by atoms with van der Waals surface area (Å²) in [6.07, 6.45) is 6.57. The van der Waals surface area contributed by atoms with E-state index in [1.54, 1.807) is 24.5 Å². The van der Waals surface area contributed by atoms with E-state index in [9.17, 15) is 14.0 Å². The van der Waals surface area contributed by atoms with Crippen LogP contribution >= 0.6 is 0 Å². The van der Waals surface area contributed by atoms with Crippen LogP contribution in [-0.2, 0) is 4.79 Å². The highest BCUT2D eigenvalue weighted by Gasteiger charge is 2.43. The largest absolute Gasteiger partial charge is 0.484 e. The maximum Gasteiger partial charge on any atom is 0.261 e. The van der Waals surface area contributed by atoms with E-state index in [1.165, 1.54) is 24.3 Å². The van der Waals surface area contributed by atoms with Gasteiger partial charge in [-0.2, -0.15) is 0 Å². The normalized spacial score (nSPS) is 23.3. The Labute approximate surface area is 162 Å². The van der Waals surface area contributed by atoms with Crippen molar-refractivity contribution in [3.8, 4) is 5.75 Å². The zero-order chi connectivity index (χ0) is 19.5. The van der Waals surface area contributed by atoms with Gasteiger partial charge >= 0.3 is 0 Å². The van der Waals surface area contributed by atoms with E-state index in [1.807, 2.05) is 4.90 Å². The molecule has 3 heterocycles. The number of amides is 2. The predicted octanol–water partition coefficient (Wildman–Crippen LogP) is 2.55. The van der Waals surface area contributed by atoms with E-state index < -0.39 is 0 Å². The van der Waals surface area contributed by atoms with Crippen molar-refractivity contribution >= 4 is 11.8 Å². The van der Waals surface area contributed by atoms with Crippen LogP contribution in [0.1, 0.15) is 36.0 Å². The van der Waals surface area contributed by atoms with Gasteiger partial charge in [-0.05, 0) is 62.1 Å². The van der Waals surface area contributed by atoms with Crippen LogP contribution < -0.4 is 10.1 Å². The SMILES string of the molecule is O=C(NC1CC2CCC(C1)N2C(=O)COc1ccc(F)cc1)c1ccncc1. The van der Waals surface area contributed by atoms with Gasteiger partial charge in [-0.15, -0.1) is 0 Å². The van der Waals surface area contributed by atoms with E-state index >= 15 is 0 Å². The quantitative estimate of drug-likeness (QED) is 0.861.